The van der Waals surface area contributed by atoms with Gasteiger partial charge in [-0.05, 0) is 42.0 Å². The van der Waals surface area contributed by atoms with Gasteiger partial charge in [-0.3, -0.25) is 4.98 Å². The van der Waals surface area contributed by atoms with Crippen LogP contribution in [0.5, 0.6) is 0 Å². The zero-order valence-corrected chi connectivity index (χ0v) is 30.0. The number of hydrogen-bond donors (Lipinski definition) is 0. The van der Waals surface area contributed by atoms with Crippen LogP contribution >= 0.6 is 0 Å². The predicted molar refractivity (Wildman–Crippen MR) is 228 cm³/mol. The molecular weight excluding hydrogens is 685 g/mol. The molecule has 5 aromatic heterocycles. The monoisotopic (exact) mass is 714 g/mol. The van der Waals surface area contributed by atoms with Gasteiger partial charge in [-0.2, -0.15) is 0 Å². The Kier molecular flexibility index (Phi) is 6.53. The second-order valence-corrected chi connectivity index (χ2v) is 14.3. The molecule has 0 aliphatic rings. The van der Waals surface area contributed by atoms with E-state index in [0.29, 0.717) is 17.5 Å². The van der Waals surface area contributed by atoms with Crippen molar-refractivity contribution in [1.82, 2.24) is 28.9 Å². The quantitative estimate of drug-likeness (QED) is 0.178. The number of benzene rings is 7. The van der Waals surface area contributed by atoms with E-state index >= 15 is 0 Å². The molecule has 56 heavy (non-hydrogen) atoms. The molecule has 0 N–H and O–H groups in total. The van der Waals surface area contributed by atoms with Crippen molar-refractivity contribution in [2.45, 2.75) is 0 Å². The molecule has 0 spiro atoms. The molecule has 0 radical (unpaired) electrons. The van der Waals surface area contributed by atoms with E-state index in [4.69, 9.17) is 15.0 Å². The Morgan fingerprint density at radius 1 is 0.357 bits per heavy atom. The summed E-state index contributed by atoms with van der Waals surface area (Å²) in [6.07, 6.45) is 3.86. The molecule has 0 amide bonds. The lowest BCUT2D eigenvalue weighted by atomic mass is 9.99. The third-order valence-corrected chi connectivity index (χ3v) is 11.2. The first-order valence-corrected chi connectivity index (χ1v) is 18.8. The second-order valence-electron chi connectivity index (χ2n) is 14.3. The molecule has 0 saturated heterocycles. The summed E-state index contributed by atoms with van der Waals surface area (Å²) in [7, 11) is 0. The Morgan fingerprint density at radius 2 is 0.946 bits per heavy atom. The molecule has 0 saturated carbocycles. The lowest BCUT2D eigenvalue weighted by Crippen LogP contribution is -2.01. The first kappa shape index (κ1) is 30.7. The topological polar surface area (TPSA) is 60.9 Å². The maximum absolute atomic E-state index is 5.02. The Balaban J connectivity index is 1.05. The largest absolute Gasteiger partial charge is 0.309 e. The fourth-order valence-electron chi connectivity index (χ4n) is 8.74. The fourth-order valence-corrected chi connectivity index (χ4v) is 8.74. The van der Waals surface area contributed by atoms with E-state index < -0.39 is 0 Å². The van der Waals surface area contributed by atoms with Gasteiger partial charge in [0, 0.05) is 72.7 Å². The van der Waals surface area contributed by atoms with Gasteiger partial charge in [0.2, 0.25) is 0 Å². The Hall–Kier alpha value is -7.70. The molecule has 5 heterocycles. The molecule has 260 valence electrons. The molecule has 0 atom stereocenters. The molecule has 0 aliphatic heterocycles. The molecule has 6 nitrogen and oxygen atoms in total. The maximum Gasteiger partial charge on any atom is 0.164 e. The van der Waals surface area contributed by atoms with Crippen molar-refractivity contribution in [3.63, 3.8) is 0 Å². The molecule has 0 bridgehead atoms. The van der Waals surface area contributed by atoms with E-state index in [0.717, 1.165) is 49.7 Å². The Labute approximate surface area is 321 Å². The highest BCUT2D eigenvalue weighted by atomic mass is 15.0. The lowest BCUT2D eigenvalue weighted by molar-refractivity contribution is 1.07. The van der Waals surface area contributed by atoms with Crippen LogP contribution in [0, 0.1) is 0 Å². The molecule has 0 unspecified atom stereocenters. The van der Waals surface area contributed by atoms with Crippen LogP contribution in [0.25, 0.3) is 111 Å². The lowest BCUT2D eigenvalue weighted by Gasteiger charge is -2.12. The van der Waals surface area contributed by atoms with Gasteiger partial charge in [0.15, 0.2) is 17.5 Å². The SMILES string of the molecule is c1ccc(-c2nc(-c3ccccc3)nc(-c3cccc(-n4c5ccncc5c5cc(-c6cccc7c8cccc9c%10ccccc%10n(c67)c98)ccc54)c3)n2)cc1. The highest BCUT2D eigenvalue weighted by Crippen LogP contribution is 2.43. The van der Waals surface area contributed by atoms with E-state index in [1.807, 2.05) is 73.1 Å². The highest BCUT2D eigenvalue weighted by molar-refractivity contribution is 6.25. The van der Waals surface area contributed by atoms with Crippen LogP contribution in [0.3, 0.4) is 0 Å². The Morgan fingerprint density at radius 3 is 1.71 bits per heavy atom. The minimum Gasteiger partial charge on any atom is -0.309 e. The molecule has 6 heteroatoms. The average Bonchev–Trinajstić information content (AvgIpc) is 3.92. The van der Waals surface area contributed by atoms with Crippen LogP contribution in [0.2, 0.25) is 0 Å². The molecule has 0 fully saturated rings. The molecular formula is C50H30N6. The standard InChI is InChI=1S/C50H30N6/c1-3-12-31(13-4-1)48-52-49(32-14-5-2-6-15-32)54-50(53-48)34-16-9-17-35(28-34)55-44-25-24-33(29-41(44)42-30-51-27-26-45(42)55)36-19-10-21-39-40-22-11-20-38-37-18-7-8-23-43(37)56(46(36)39)47(38)40/h1-30H. The van der Waals surface area contributed by atoms with Gasteiger partial charge in [0.1, 0.15) is 0 Å². The first-order chi connectivity index (χ1) is 27.8. The third kappa shape index (κ3) is 4.50. The summed E-state index contributed by atoms with van der Waals surface area (Å²) in [5.41, 5.74) is 12.1. The van der Waals surface area contributed by atoms with Crippen LogP contribution in [0.1, 0.15) is 0 Å². The first-order valence-electron chi connectivity index (χ1n) is 18.8. The molecule has 12 aromatic rings. The number of nitrogens with zero attached hydrogens (tertiary/aromatic N) is 6. The van der Waals surface area contributed by atoms with E-state index in [-0.39, 0.29) is 0 Å². The van der Waals surface area contributed by atoms with Gasteiger partial charge in [-0.15, -0.1) is 0 Å². The third-order valence-electron chi connectivity index (χ3n) is 11.2. The van der Waals surface area contributed by atoms with Crippen molar-refractivity contribution in [3.05, 3.63) is 182 Å². The number of pyridine rings is 1. The van der Waals surface area contributed by atoms with Gasteiger partial charge in [-0.25, -0.2) is 15.0 Å². The zero-order valence-electron chi connectivity index (χ0n) is 30.0. The summed E-state index contributed by atoms with van der Waals surface area (Å²) in [5, 5.41) is 7.35. The van der Waals surface area contributed by atoms with E-state index in [9.17, 15) is 0 Å². The summed E-state index contributed by atoms with van der Waals surface area (Å²) < 4.78 is 4.80. The number of rotatable bonds is 5. The summed E-state index contributed by atoms with van der Waals surface area (Å²) in [5.74, 6) is 1.90. The summed E-state index contributed by atoms with van der Waals surface area (Å²) >= 11 is 0. The van der Waals surface area contributed by atoms with Crippen LogP contribution in [0.4, 0.5) is 0 Å². The van der Waals surface area contributed by atoms with Crippen LogP contribution in [-0.4, -0.2) is 28.9 Å². The predicted octanol–water partition coefficient (Wildman–Crippen LogP) is 12.2. The highest BCUT2D eigenvalue weighted by Gasteiger charge is 2.21. The second kappa shape index (κ2) is 11.9. The van der Waals surface area contributed by atoms with E-state index in [1.54, 1.807) is 0 Å². The van der Waals surface area contributed by atoms with E-state index in [1.165, 1.54) is 43.7 Å². The summed E-state index contributed by atoms with van der Waals surface area (Å²) in [6, 6.07) is 59.8. The van der Waals surface area contributed by atoms with Crippen molar-refractivity contribution < 1.29 is 0 Å². The van der Waals surface area contributed by atoms with E-state index in [2.05, 4.69) is 123 Å². The zero-order chi connectivity index (χ0) is 36.7. The van der Waals surface area contributed by atoms with Gasteiger partial charge in [0.25, 0.3) is 0 Å². The van der Waals surface area contributed by atoms with Crippen molar-refractivity contribution in [1.29, 1.82) is 0 Å². The van der Waals surface area contributed by atoms with Crippen LogP contribution < -0.4 is 0 Å². The van der Waals surface area contributed by atoms with Crippen LogP contribution in [0.15, 0.2) is 182 Å². The van der Waals surface area contributed by atoms with Crippen molar-refractivity contribution in [2.75, 3.05) is 0 Å². The molecule has 7 aromatic carbocycles. The number of aromatic nitrogens is 6. The van der Waals surface area contributed by atoms with Gasteiger partial charge in [0.05, 0.1) is 27.6 Å². The van der Waals surface area contributed by atoms with Gasteiger partial charge in [-0.1, -0.05) is 133 Å². The molecule has 0 aliphatic carbocycles. The van der Waals surface area contributed by atoms with Crippen molar-refractivity contribution in [2.24, 2.45) is 0 Å². The minimum absolute atomic E-state index is 0.620. The van der Waals surface area contributed by atoms with Gasteiger partial charge >= 0.3 is 0 Å². The maximum atomic E-state index is 5.02. The number of fused-ring (bicyclic) bond motifs is 9. The Bertz CT molecular complexity index is 3420. The summed E-state index contributed by atoms with van der Waals surface area (Å²) in [6.45, 7) is 0. The normalized spacial score (nSPS) is 11.9. The average molecular weight is 715 g/mol. The number of hydrogen-bond acceptors (Lipinski definition) is 4. The van der Waals surface area contributed by atoms with Crippen molar-refractivity contribution >= 4 is 59.9 Å². The van der Waals surface area contributed by atoms with Gasteiger partial charge < -0.3 is 8.97 Å². The van der Waals surface area contributed by atoms with Crippen molar-refractivity contribution in [3.8, 4) is 51.0 Å². The molecule has 12 rings (SSSR count). The fraction of sp³-hybridized carbons (Fsp3) is 0. The number of para-hydroxylation sites is 3. The van der Waals surface area contributed by atoms with Crippen LogP contribution in [-0.2, 0) is 0 Å². The smallest absolute Gasteiger partial charge is 0.164 e. The summed E-state index contributed by atoms with van der Waals surface area (Å²) in [4.78, 5) is 19.6. The minimum atomic E-state index is 0.620.